The SMILES string of the molecule is c1ccc2c(OCC3CCCCCC3)cccc2c1. The van der Waals surface area contributed by atoms with Crippen LogP contribution in [0.3, 0.4) is 0 Å². The van der Waals surface area contributed by atoms with Crippen LogP contribution in [0.25, 0.3) is 10.8 Å². The molecule has 2 aromatic rings. The number of fused-ring (bicyclic) bond motifs is 1. The van der Waals surface area contributed by atoms with Crippen LogP contribution in [0.4, 0.5) is 0 Å². The second kappa shape index (κ2) is 6.10. The predicted molar refractivity (Wildman–Crippen MR) is 80.6 cm³/mol. The summed E-state index contributed by atoms with van der Waals surface area (Å²) in [5, 5.41) is 2.50. The molecule has 1 heteroatoms. The molecule has 0 unspecified atom stereocenters. The number of benzene rings is 2. The molecule has 0 radical (unpaired) electrons. The summed E-state index contributed by atoms with van der Waals surface area (Å²) in [7, 11) is 0. The van der Waals surface area contributed by atoms with Gasteiger partial charge in [0.1, 0.15) is 5.75 Å². The van der Waals surface area contributed by atoms with E-state index in [0.717, 1.165) is 18.3 Å². The maximum atomic E-state index is 6.11. The molecule has 1 nitrogen and oxygen atoms in total. The molecule has 1 saturated carbocycles. The van der Waals surface area contributed by atoms with E-state index < -0.39 is 0 Å². The highest BCUT2D eigenvalue weighted by Crippen LogP contribution is 2.28. The molecule has 0 spiro atoms. The predicted octanol–water partition coefficient (Wildman–Crippen LogP) is 5.19. The summed E-state index contributed by atoms with van der Waals surface area (Å²) in [6.45, 7) is 0.883. The number of hydrogen-bond donors (Lipinski definition) is 0. The minimum atomic E-state index is 0.751. The second-order valence-electron chi connectivity index (χ2n) is 5.65. The Bertz CT molecular complexity index is 519. The van der Waals surface area contributed by atoms with Gasteiger partial charge in [-0.2, -0.15) is 0 Å². The molecule has 1 fully saturated rings. The third kappa shape index (κ3) is 3.09. The van der Waals surface area contributed by atoms with E-state index in [1.54, 1.807) is 0 Å². The first-order valence-electron chi connectivity index (χ1n) is 7.54. The lowest BCUT2D eigenvalue weighted by Crippen LogP contribution is -2.11. The van der Waals surface area contributed by atoms with Gasteiger partial charge >= 0.3 is 0 Å². The van der Waals surface area contributed by atoms with Crippen molar-refractivity contribution in [3.05, 3.63) is 42.5 Å². The second-order valence-corrected chi connectivity index (χ2v) is 5.65. The Balaban J connectivity index is 1.71. The Hall–Kier alpha value is -1.50. The molecule has 0 aliphatic heterocycles. The third-order valence-electron chi connectivity index (χ3n) is 4.20. The van der Waals surface area contributed by atoms with Crippen molar-refractivity contribution >= 4 is 10.8 Å². The molecule has 0 aromatic heterocycles. The van der Waals surface area contributed by atoms with Crippen molar-refractivity contribution in [1.82, 2.24) is 0 Å². The molecule has 0 N–H and O–H groups in total. The Morgan fingerprint density at radius 2 is 1.58 bits per heavy atom. The fraction of sp³-hybridized carbons (Fsp3) is 0.444. The molecule has 2 aromatic carbocycles. The Morgan fingerprint density at radius 3 is 2.42 bits per heavy atom. The smallest absolute Gasteiger partial charge is 0.127 e. The van der Waals surface area contributed by atoms with Gasteiger partial charge in [0.25, 0.3) is 0 Å². The summed E-state index contributed by atoms with van der Waals surface area (Å²) >= 11 is 0. The van der Waals surface area contributed by atoms with Crippen molar-refractivity contribution < 1.29 is 4.74 Å². The zero-order chi connectivity index (χ0) is 12.9. The minimum Gasteiger partial charge on any atom is -0.493 e. The molecule has 0 saturated heterocycles. The van der Waals surface area contributed by atoms with E-state index in [1.165, 1.54) is 49.3 Å². The number of rotatable bonds is 3. The topological polar surface area (TPSA) is 9.23 Å². The highest BCUT2D eigenvalue weighted by atomic mass is 16.5. The van der Waals surface area contributed by atoms with Crippen molar-refractivity contribution in [2.45, 2.75) is 38.5 Å². The molecule has 0 bridgehead atoms. The van der Waals surface area contributed by atoms with Crippen LogP contribution >= 0.6 is 0 Å². The van der Waals surface area contributed by atoms with Crippen LogP contribution in [0.15, 0.2) is 42.5 Å². The normalized spacial score (nSPS) is 17.3. The molecule has 3 rings (SSSR count). The first-order chi connectivity index (χ1) is 9.43. The van der Waals surface area contributed by atoms with Crippen molar-refractivity contribution in [1.29, 1.82) is 0 Å². The monoisotopic (exact) mass is 254 g/mol. The number of hydrogen-bond acceptors (Lipinski definition) is 1. The average Bonchev–Trinajstić information content (AvgIpc) is 2.74. The summed E-state index contributed by atoms with van der Waals surface area (Å²) in [5.41, 5.74) is 0. The highest BCUT2D eigenvalue weighted by Gasteiger charge is 2.13. The summed E-state index contributed by atoms with van der Waals surface area (Å²) in [4.78, 5) is 0. The third-order valence-corrected chi connectivity index (χ3v) is 4.20. The standard InChI is InChI=1S/C18H22O/c1-2-4-9-15(8-3-1)14-19-18-13-7-11-16-10-5-6-12-17(16)18/h5-7,10-13,15H,1-4,8-9,14H2. The Kier molecular flexibility index (Phi) is 4.02. The fourth-order valence-corrected chi connectivity index (χ4v) is 3.06. The molecule has 0 atom stereocenters. The molecule has 0 amide bonds. The lowest BCUT2D eigenvalue weighted by molar-refractivity contribution is 0.236. The van der Waals surface area contributed by atoms with E-state index in [0.29, 0.717) is 0 Å². The van der Waals surface area contributed by atoms with Gasteiger partial charge < -0.3 is 4.74 Å². The van der Waals surface area contributed by atoms with Crippen LogP contribution < -0.4 is 4.74 Å². The zero-order valence-electron chi connectivity index (χ0n) is 11.5. The maximum absolute atomic E-state index is 6.11. The van der Waals surface area contributed by atoms with Crippen LogP contribution in [0.1, 0.15) is 38.5 Å². The van der Waals surface area contributed by atoms with Crippen LogP contribution in [-0.2, 0) is 0 Å². The van der Waals surface area contributed by atoms with E-state index in [-0.39, 0.29) is 0 Å². The van der Waals surface area contributed by atoms with Crippen molar-refractivity contribution in [2.24, 2.45) is 5.92 Å². The molecular formula is C18H22O. The van der Waals surface area contributed by atoms with E-state index in [4.69, 9.17) is 4.74 Å². The molecule has 1 aliphatic rings. The molecular weight excluding hydrogens is 232 g/mol. The van der Waals surface area contributed by atoms with Gasteiger partial charge in [0.05, 0.1) is 6.61 Å². The first-order valence-corrected chi connectivity index (χ1v) is 7.54. The van der Waals surface area contributed by atoms with Crippen molar-refractivity contribution in [2.75, 3.05) is 6.61 Å². The lowest BCUT2D eigenvalue weighted by Gasteiger charge is -2.16. The van der Waals surface area contributed by atoms with Gasteiger partial charge in [-0.1, -0.05) is 62.1 Å². The summed E-state index contributed by atoms with van der Waals surface area (Å²) < 4.78 is 6.11. The average molecular weight is 254 g/mol. The largest absolute Gasteiger partial charge is 0.493 e. The molecule has 19 heavy (non-hydrogen) atoms. The molecule has 0 heterocycles. The Morgan fingerprint density at radius 1 is 0.842 bits per heavy atom. The van der Waals surface area contributed by atoms with E-state index in [9.17, 15) is 0 Å². The quantitative estimate of drug-likeness (QED) is 0.685. The lowest BCUT2D eigenvalue weighted by atomic mass is 10.0. The highest BCUT2D eigenvalue weighted by molar-refractivity contribution is 5.88. The van der Waals surface area contributed by atoms with Crippen LogP contribution in [0, 0.1) is 5.92 Å². The van der Waals surface area contributed by atoms with Gasteiger partial charge in [0.2, 0.25) is 0 Å². The first kappa shape index (κ1) is 12.5. The van der Waals surface area contributed by atoms with Crippen molar-refractivity contribution in [3.63, 3.8) is 0 Å². The van der Waals surface area contributed by atoms with Gasteiger partial charge in [0, 0.05) is 5.39 Å². The van der Waals surface area contributed by atoms with Crippen LogP contribution in [-0.4, -0.2) is 6.61 Å². The van der Waals surface area contributed by atoms with E-state index >= 15 is 0 Å². The van der Waals surface area contributed by atoms with E-state index in [2.05, 4.69) is 42.5 Å². The number of ether oxygens (including phenoxy) is 1. The van der Waals surface area contributed by atoms with Gasteiger partial charge in [-0.15, -0.1) is 0 Å². The maximum Gasteiger partial charge on any atom is 0.127 e. The minimum absolute atomic E-state index is 0.751. The van der Waals surface area contributed by atoms with Crippen LogP contribution in [0.2, 0.25) is 0 Å². The van der Waals surface area contributed by atoms with Gasteiger partial charge in [0.15, 0.2) is 0 Å². The van der Waals surface area contributed by atoms with E-state index in [1.807, 2.05) is 0 Å². The van der Waals surface area contributed by atoms with Gasteiger partial charge in [-0.25, -0.2) is 0 Å². The van der Waals surface area contributed by atoms with Gasteiger partial charge in [-0.05, 0) is 30.2 Å². The van der Waals surface area contributed by atoms with Crippen LogP contribution in [0.5, 0.6) is 5.75 Å². The summed E-state index contributed by atoms with van der Waals surface area (Å²) in [5.74, 6) is 1.80. The van der Waals surface area contributed by atoms with Crippen molar-refractivity contribution in [3.8, 4) is 5.75 Å². The molecule has 1 aliphatic carbocycles. The Labute approximate surface area is 115 Å². The van der Waals surface area contributed by atoms with Gasteiger partial charge in [-0.3, -0.25) is 0 Å². The fourth-order valence-electron chi connectivity index (χ4n) is 3.06. The zero-order valence-corrected chi connectivity index (χ0v) is 11.5. The summed E-state index contributed by atoms with van der Waals surface area (Å²) in [6.07, 6.45) is 8.25. The summed E-state index contributed by atoms with van der Waals surface area (Å²) in [6, 6.07) is 14.8. The molecule has 100 valence electrons.